The SMILES string of the molecule is CC1CC1C(=O)Nc1cccc(C(=O)N2CCC(N)C(C)(C)C2)c1. The van der Waals surface area contributed by atoms with E-state index in [1.54, 1.807) is 12.1 Å². The van der Waals surface area contributed by atoms with Crippen molar-refractivity contribution in [3.05, 3.63) is 29.8 Å². The van der Waals surface area contributed by atoms with E-state index in [2.05, 4.69) is 26.1 Å². The molecule has 1 aromatic carbocycles. The lowest BCUT2D eigenvalue weighted by atomic mass is 9.79. The van der Waals surface area contributed by atoms with Crippen LogP contribution in [0, 0.1) is 17.3 Å². The lowest BCUT2D eigenvalue weighted by Gasteiger charge is -2.42. The van der Waals surface area contributed by atoms with Crippen molar-refractivity contribution in [3.8, 4) is 0 Å². The molecule has 1 saturated carbocycles. The smallest absolute Gasteiger partial charge is 0.253 e. The maximum Gasteiger partial charge on any atom is 0.253 e. The molecule has 1 aliphatic heterocycles. The van der Waals surface area contributed by atoms with Gasteiger partial charge in [0.15, 0.2) is 0 Å². The quantitative estimate of drug-likeness (QED) is 0.894. The molecule has 3 N–H and O–H groups in total. The van der Waals surface area contributed by atoms with Gasteiger partial charge in [-0.1, -0.05) is 26.8 Å². The Hall–Kier alpha value is -1.88. The molecule has 2 amide bonds. The van der Waals surface area contributed by atoms with Gasteiger partial charge in [-0.2, -0.15) is 0 Å². The van der Waals surface area contributed by atoms with Gasteiger partial charge in [0.2, 0.25) is 5.91 Å². The molecule has 5 nitrogen and oxygen atoms in total. The Morgan fingerprint density at radius 1 is 1.33 bits per heavy atom. The van der Waals surface area contributed by atoms with Crippen LogP contribution in [-0.4, -0.2) is 35.8 Å². The van der Waals surface area contributed by atoms with E-state index in [4.69, 9.17) is 5.73 Å². The molecule has 1 saturated heterocycles. The average Bonchev–Trinajstić information content (AvgIpc) is 3.26. The zero-order chi connectivity index (χ0) is 17.5. The number of anilines is 1. The summed E-state index contributed by atoms with van der Waals surface area (Å²) in [7, 11) is 0. The van der Waals surface area contributed by atoms with Gasteiger partial charge >= 0.3 is 0 Å². The van der Waals surface area contributed by atoms with Gasteiger partial charge in [0.25, 0.3) is 5.91 Å². The lowest BCUT2D eigenvalue weighted by molar-refractivity contribution is -0.117. The topological polar surface area (TPSA) is 75.4 Å². The Kier molecular flexibility index (Phi) is 4.38. The third kappa shape index (κ3) is 3.46. The lowest BCUT2D eigenvalue weighted by Crippen LogP contribution is -2.54. The number of benzene rings is 1. The van der Waals surface area contributed by atoms with E-state index >= 15 is 0 Å². The van der Waals surface area contributed by atoms with E-state index in [-0.39, 0.29) is 29.2 Å². The van der Waals surface area contributed by atoms with Crippen LogP contribution < -0.4 is 11.1 Å². The van der Waals surface area contributed by atoms with Crippen LogP contribution in [0.3, 0.4) is 0 Å². The second-order valence-corrected chi connectivity index (χ2v) is 8.00. The third-order valence-electron chi connectivity index (χ3n) is 5.42. The minimum atomic E-state index is -0.0815. The van der Waals surface area contributed by atoms with Crippen LogP contribution in [-0.2, 0) is 4.79 Å². The van der Waals surface area contributed by atoms with Crippen LogP contribution in [0.4, 0.5) is 5.69 Å². The Morgan fingerprint density at radius 3 is 2.67 bits per heavy atom. The molecule has 3 rings (SSSR count). The second-order valence-electron chi connectivity index (χ2n) is 8.00. The van der Waals surface area contributed by atoms with E-state index in [9.17, 15) is 9.59 Å². The largest absolute Gasteiger partial charge is 0.338 e. The number of hydrogen-bond acceptors (Lipinski definition) is 3. The van der Waals surface area contributed by atoms with Gasteiger partial charge in [-0.3, -0.25) is 9.59 Å². The highest BCUT2D eigenvalue weighted by Crippen LogP contribution is 2.38. The zero-order valence-corrected chi connectivity index (χ0v) is 14.7. The second kappa shape index (κ2) is 6.20. The highest BCUT2D eigenvalue weighted by atomic mass is 16.2. The van der Waals surface area contributed by atoms with E-state index in [1.807, 2.05) is 17.0 Å². The van der Waals surface area contributed by atoms with Crippen molar-refractivity contribution in [1.29, 1.82) is 0 Å². The minimum Gasteiger partial charge on any atom is -0.338 e. The summed E-state index contributed by atoms with van der Waals surface area (Å²) < 4.78 is 0. The van der Waals surface area contributed by atoms with Crippen molar-refractivity contribution in [2.24, 2.45) is 23.0 Å². The first kappa shape index (κ1) is 17.0. The number of likely N-dealkylation sites (tertiary alicyclic amines) is 1. The molecule has 2 aliphatic rings. The van der Waals surface area contributed by atoms with E-state index in [0.717, 1.165) is 12.8 Å². The van der Waals surface area contributed by atoms with Gasteiger partial charge in [0, 0.05) is 36.3 Å². The summed E-state index contributed by atoms with van der Waals surface area (Å²) in [4.78, 5) is 26.7. The number of nitrogens with two attached hydrogens (primary N) is 1. The monoisotopic (exact) mass is 329 g/mol. The molecule has 2 fully saturated rings. The van der Waals surface area contributed by atoms with E-state index in [0.29, 0.717) is 30.3 Å². The molecule has 130 valence electrons. The fraction of sp³-hybridized carbons (Fsp3) is 0.579. The molecule has 24 heavy (non-hydrogen) atoms. The summed E-state index contributed by atoms with van der Waals surface area (Å²) in [5, 5.41) is 2.93. The first-order valence-electron chi connectivity index (χ1n) is 8.74. The predicted octanol–water partition coefficient (Wildman–Crippen LogP) is 2.48. The number of nitrogens with zero attached hydrogens (tertiary/aromatic N) is 1. The van der Waals surface area contributed by atoms with E-state index < -0.39 is 0 Å². The summed E-state index contributed by atoms with van der Waals surface area (Å²) in [5.74, 6) is 0.645. The van der Waals surface area contributed by atoms with Crippen LogP contribution >= 0.6 is 0 Å². The standard InChI is InChI=1S/C19H27N3O2/c1-12-9-15(12)17(23)21-14-6-4-5-13(10-14)18(24)22-8-7-16(20)19(2,3)11-22/h4-6,10,12,15-16H,7-9,11,20H2,1-3H3,(H,21,23). The first-order valence-corrected chi connectivity index (χ1v) is 8.74. The average molecular weight is 329 g/mol. The molecule has 1 aliphatic carbocycles. The molecule has 0 spiro atoms. The number of amides is 2. The summed E-state index contributed by atoms with van der Waals surface area (Å²) in [6.07, 6.45) is 1.77. The Labute approximate surface area is 143 Å². The third-order valence-corrected chi connectivity index (χ3v) is 5.42. The van der Waals surface area contributed by atoms with Crippen molar-refractivity contribution in [1.82, 2.24) is 4.90 Å². The van der Waals surface area contributed by atoms with Crippen LogP contribution in [0.15, 0.2) is 24.3 Å². The Bertz CT molecular complexity index is 656. The van der Waals surface area contributed by atoms with E-state index in [1.165, 1.54) is 0 Å². The first-order chi connectivity index (χ1) is 11.3. The molecule has 5 heteroatoms. The molecular weight excluding hydrogens is 302 g/mol. The van der Waals surface area contributed by atoms with Crippen LogP contribution in [0.5, 0.6) is 0 Å². The molecule has 1 heterocycles. The fourth-order valence-corrected chi connectivity index (χ4v) is 3.38. The number of carbonyl (C=O) groups is 2. The number of carbonyl (C=O) groups excluding carboxylic acids is 2. The maximum absolute atomic E-state index is 12.8. The minimum absolute atomic E-state index is 0.00543. The number of hydrogen-bond donors (Lipinski definition) is 2. The summed E-state index contributed by atoms with van der Waals surface area (Å²) in [6, 6.07) is 7.35. The highest BCUT2D eigenvalue weighted by molar-refractivity contribution is 5.98. The van der Waals surface area contributed by atoms with Crippen molar-refractivity contribution >= 4 is 17.5 Å². The number of piperidine rings is 1. The number of nitrogens with one attached hydrogen (secondary N) is 1. The van der Waals surface area contributed by atoms with Gasteiger partial charge in [-0.25, -0.2) is 0 Å². The normalized spacial score (nSPS) is 28.3. The van der Waals surface area contributed by atoms with Crippen molar-refractivity contribution in [3.63, 3.8) is 0 Å². The summed E-state index contributed by atoms with van der Waals surface area (Å²) >= 11 is 0. The summed E-state index contributed by atoms with van der Waals surface area (Å²) in [6.45, 7) is 7.62. The van der Waals surface area contributed by atoms with Gasteiger partial charge in [-0.05, 0) is 42.4 Å². The van der Waals surface area contributed by atoms with Crippen molar-refractivity contribution in [2.75, 3.05) is 18.4 Å². The Morgan fingerprint density at radius 2 is 2.04 bits per heavy atom. The fourth-order valence-electron chi connectivity index (χ4n) is 3.38. The molecule has 0 aromatic heterocycles. The molecule has 3 atom stereocenters. The van der Waals surface area contributed by atoms with Crippen molar-refractivity contribution in [2.45, 2.75) is 39.7 Å². The molecule has 0 radical (unpaired) electrons. The van der Waals surface area contributed by atoms with Crippen LogP contribution in [0.1, 0.15) is 44.0 Å². The molecular formula is C19H27N3O2. The van der Waals surface area contributed by atoms with Gasteiger partial charge in [0.05, 0.1) is 0 Å². The van der Waals surface area contributed by atoms with Crippen LogP contribution in [0.25, 0.3) is 0 Å². The highest BCUT2D eigenvalue weighted by Gasteiger charge is 2.39. The van der Waals surface area contributed by atoms with Gasteiger partial charge in [-0.15, -0.1) is 0 Å². The van der Waals surface area contributed by atoms with Gasteiger partial charge in [0.1, 0.15) is 0 Å². The molecule has 0 bridgehead atoms. The van der Waals surface area contributed by atoms with Crippen molar-refractivity contribution < 1.29 is 9.59 Å². The Balaban J connectivity index is 1.69. The predicted molar refractivity (Wildman–Crippen MR) is 94.6 cm³/mol. The maximum atomic E-state index is 12.8. The number of rotatable bonds is 3. The molecule has 3 unspecified atom stereocenters. The zero-order valence-electron chi connectivity index (χ0n) is 14.7. The summed E-state index contributed by atoms with van der Waals surface area (Å²) in [5.41, 5.74) is 7.38. The molecule has 1 aromatic rings. The van der Waals surface area contributed by atoms with Crippen LogP contribution in [0.2, 0.25) is 0 Å². The van der Waals surface area contributed by atoms with Gasteiger partial charge < -0.3 is 16.0 Å².